The summed E-state index contributed by atoms with van der Waals surface area (Å²) in [7, 11) is 1.82. The fourth-order valence-electron chi connectivity index (χ4n) is 3.19. The van der Waals surface area contributed by atoms with E-state index in [9.17, 15) is 9.90 Å². The molecule has 0 atom stereocenters. The smallest absolute Gasteiger partial charge is 0.273 e. The molecule has 0 radical (unpaired) electrons. The van der Waals surface area contributed by atoms with Crippen molar-refractivity contribution in [2.75, 3.05) is 7.05 Å². The van der Waals surface area contributed by atoms with Gasteiger partial charge in [-0.05, 0) is 31.7 Å². The lowest BCUT2D eigenvalue weighted by molar-refractivity contribution is 0.0256. The van der Waals surface area contributed by atoms with Crippen molar-refractivity contribution in [3.05, 3.63) is 28.5 Å². The van der Waals surface area contributed by atoms with Crippen molar-refractivity contribution in [1.82, 2.24) is 9.88 Å². The molecule has 2 aliphatic rings. The molecular weight excluding hydrogens is 252 g/mol. The van der Waals surface area contributed by atoms with Crippen LogP contribution >= 0.6 is 11.6 Å². The van der Waals surface area contributed by atoms with Gasteiger partial charge in [0.2, 0.25) is 0 Å². The monoisotopic (exact) mass is 266 g/mol. The van der Waals surface area contributed by atoms with Crippen LogP contribution in [0.5, 0.6) is 0 Å². The van der Waals surface area contributed by atoms with E-state index in [2.05, 4.69) is 4.98 Å². The van der Waals surface area contributed by atoms with Crippen LogP contribution in [0.15, 0.2) is 12.1 Å². The average Bonchev–Trinajstić information content (AvgIpc) is 2.56. The van der Waals surface area contributed by atoms with E-state index in [4.69, 9.17) is 11.6 Å². The van der Waals surface area contributed by atoms with Gasteiger partial charge in [0, 0.05) is 12.6 Å². The molecular formula is C13H15ClN2O2. The Morgan fingerprint density at radius 1 is 1.44 bits per heavy atom. The van der Waals surface area contributed by atoms with E-state index in [-0.39, 0.29) is 17.6 Å². The van der Waals surface area contributed by atoms with Gasteiger partial charge in [0.15, 0.2) is 0 Å². The molecule has 1 aromatic rings. The van der Waals surface area contributed by atoms with E-state index < -0.39 is 0 Å². The molecule has 5 heteroatoms. The summed E-state index contributed by atoms with van der Waals surface area (Å²) in [6.45, 7) is 0. The van der Waals surface area contributed by atoms with Gasteiger partial charge in [0.05, 0.1) is 11.6 Å². The number of amides is 1. The standard InChI is InChI=1S/C13H15ClN2O2/c1-16-12(18)11-9(2-3-10(14)15-11)13(16)6-4-8(17)5-7-13/h2-3,8,17H,4-7H2,1H3. The maximum Gasteiger partial charge on any atom is 0.273 e. The maximum atomic E-state index is 12.2. The van der Waals surface area contributed by atoms with Crippen LogP contribution in [0, 0.1) is 0 Å². The number of fused-ring (bicyclic) bond motifs is 2. The maximum absolute atomic E-state index is 12.2. The van der Waals surface area contributed by atoms with Crippen molar-refractivity contribution in [2.24, 2.45) is 0 Å². The third-order valence-electron chi connectivity index (χ3n) is 4.29. The molecule has 0 unspecified atom stereocenters. The lowest BCUT2D eigenvalue weighted by Gasteiger charge is -2.41. The molecule has 1 aromatic heterocycles. The Labute approximate surface area is 111 Å². The minimum absolute atomic E-state index is 0.0658. The first-order chi connectivity index (χ1) is 8.54. The molecule has 1 saturated carbocycles. The molecule has 0 bridgehead atoms. The predicted octanol–water partition coefficient (Wildman–Crippen LogP) is 1.95. The van der Waals surface area contributed by atoms with Crippen LogP contribution in [-0.2, 0) is 5.54 Å². The zero-order chi connectivity index (χ0) is 12.9. The molecule has 4 nitrogen and oxygen atoms in total. The second kappa shape index (κ2) is 3.93. The summed E-state index contributed by atoms with van der Waals surface area (Å²) < 4.78 is 0. The molecule has 1 spiro atoms. The van der Waals surface area contributed by atoms with E-state index in [1.54, 1.807) is 11.0 Å². The highest BCUT2D eigenvalue weighted by molar-refractivity contribution is 6.29. The van der Waals surface area contributed by atoms with Gasteiger partial charge < -0.3 is 10.0 Å². The molecule has 1 N–H and O–H groups in total. The highest BCUT2D eigenvalue weighted by atomic mass is 35.5. The van der Waals surface area contributed by atoms with E-state index in [0.717, 1.165) is 31.2 Å². The minimum Gasteiger partial charge on any atom is -0.393 e. The van der Waals surface area contributed by atoms with Crippen LogP contribution in [0.2, 0.25) is 5.15 Å². The predicted molar refractivity (Wildman–Crippen MR) is 67.5 cm³/mol. The highest BCUT2D eigenvalue weighted by Gasteiger charge is 2.50. The van der Waals surface area contributed by atoms with Gasteiger partial charge in [-0.15, -0.1) is 0 Å². The molecule has 2 heterocycles. The number of carbonyl (C=O) groups is 1. The molecule has 1 aliphatic carbocycles. The summed E-state index contributed by atoms with van der Waals surface area (Å²) in [6, 6.07) is 3.64. The van der Waals surface area contributed by atoms with Crippen molar-refractivity contribution in [3.63, 3.8) is 0 Å². The Balaban J connectivity index is 2.10. The number of carbonyl (C=O) groups excluding carboxylic acids is 1. The normalized spacial score (nSPS) is 30.9. The van der Waals surface area contributed by atoms with Crippen molar-refractivity contribution < 1.29 is 9.90 Å². The van der Waals surface area contributed by atoms with Crippen molar-refractivity contribution in [3.8, 4) is 0 Å². The number of pyridine rings is 1. The number of halogens is 1. The van der Waals surface area contributed by atoms with Crippen LogP contribution in [0.4, 0.5) is 0 Å². The summed E-state index contributed by atoms with van der Waals surface area (Å²) in [6.07, 6.45) is 2.77. The van der Waals surface area contributed by atoms with Gasteiger partial charge in [0.1, 0.15) is 10.8 Å². The quantitative estimate of drug-likeness (QED) is 0.731. The summed E-state index contributed by atoms with van der Waals surface area (Å²) in [5.41, 5.74) is 1.15. The summed E-state index contributed by atoms with van der Waals surface area (Å²) in [5, 5.41) is 10.0. The third-order valence-corrected chi connectivity index (χ3v) is 4.50. The second-order valence-electron chi connectivity index (χ2n) is 5.16. The third kappa shape index (κ3) is 1.49. The topological polar surface area (TPSA) is 53.4 Å². The van der Waals surface area contributed by atoms with Crippen LogP contribution < -0.4 is 0 Å². The number of aromatic nitrogens is 1. The molecule has 1 amide bonds. The molecule has 0 aromatic carbocycles. The summed E-state index contributed by atoms with van der Waals surface area (Å²) >= 11 is 5.87. The molecule has 1 fully saturated rings. The average molecular weight is 267 g/mol. The van der Waals surface area contributed by atoms with Crippen molar-refractivity contribution >= 4 is 17.5 Å². The number of rotatable bonds is 0. The number of hydrogen-bond donors (Lipinski definition) is 1. The van der Waals surface area contributed by atoms with Crippen LogP contribution in [0.1, 0.15) is 41.7 Å². The molecule has 96 valence electrons. The Kier molecular flexibility index (Phi) is 2.61. The van der Waals surface area contributed by atoms with Crippen molar-refractivity contribution in [1.29, 1.82) is 0 Å². The van der Waals surface area contributed by atoms with E-state index in [0.29, 0.717) is 10.8 Å². The number of nitrogens with zero attached hydrogens (tertiary/aromatic N) is 2. The van der Waals surface area contributed by atoms with Crippen LogP contribution in [-0.4, -0.2) is 34.0 Å². The summed E-state index contributed by atoms with van der Waals surface area (Å²) in [5.74, 6) is -0.0658. The Morgan fingerprint density at radius 3 is 2.78 bits per heavy atom. The minimum atomic E-state index is -0.288. The molecule has 3 rings (SSSR count). The first-order valence-corrected chi connectivity index (χ1v) is 6.56. The molecule has 18 heavy (non-hydrogen) atoms. The van der Waals surface area contributed by atoms with Gasteiger partial charge in [-0.1, -0.05) is 17.7 Å². The van der Waals surface area contributed by atoms with Gasteiger partial charge >= 0.3 is 0 Å². The lowest BCUT2D eigenvalue weighted by atomic mass is 9.76. The Bertz CT molecular complexity index is 510. The fraction of sp³-hybridized carbons (Fsp3) is 0.538. The number of hydrogen-bond acceptors (Lipinski definition) is 3. The molecule has 1 aliphatic heterocycles. The van der Waals surface area contributed by atoms with Crippen LogP contribution in [0.3, 0.4) is 0 Å². The van der Waals surface area contributed by atoms with E-state index in [1.807, 2.05) is 13.1 Å². The zero-order valence-corrected chi connectivity index (χ0v) is 10.9. The van der Waals surface area contributed by atoms with Gasteiger partial charge in [-0.3, -0.25) is 4.79 Å². The van der Waals surface area contributed by atoms with Crippen LogP contribution in [0.25, 0.3) is 0 Å². The highest BCUT2D eigenvalue weighted by Crippen LogP contribution is 2.47. The molecule has 0 saturated heterocycles. The largest absolute Gasteiger partial charge is 0.393 e. The zero-order valence-electron chi connectivity index (χ0n) is 10.2. The first kappa shape index (κ1) is 11.9. The Hall–Kier alpha value is -1.13. The first-order valence-electron chi connectivity index (χ1n) is 6.18. The number of aliphatic hydroxyl groups excluding tert-OH is 1. The van der Waals surface area contributed by atoms with Gasteiger partial charge in [0.25, 0.3) is 5.91 Å². The van der Waals surface area contributed by atoms with Gasteiger partial charge in [-0.2, -0.15) is 0 Å². The number of aliphatic hydroxyl groups is 1. The summed E-state index contributed by atoms with van der Waals surface area (Å²) in [4.78, 5) is 18.2. The van der Waals surface area contributed by atoms with Gasteiger partial charge in [-0.25, -0.2) is 4.98 Å². The lowest BCUT2D eigenvalue weighted by Crippen LogP contribution is -2.44. The van der Waals surface area contributed by atoms with Crippen molar-refractivity contribution in [2.45, 2.75) is 37.3 Å². The fourth-order valence-corrected chi connectivity index (χ4v) is 3.34. The van der Waals surface area contributed by atoms with E-state index in [1.165, 1.54) is 0 Å². The van der Waals surface area contributed by atoms with E-state index >= 15 is 0 Å². The second-order valence-corrected chi connectivity index (χ2v) is 5.54. The SMILES string of the molecule is CN1C(=O)c2nc(Cl)ccc2C12CCC(O)CC2. The Morgan fingerprint density at radius 2 is 2.11 bits per heavy atom.